The van der Waals surface area contributed by atoms with Crippen LogP contribution in [0.25, 0.3) is 0 Å². The summed E-state index contributed by atoms with van der Waals surface area (Å²) >= 11 is 5.49. The molecule has 0 saturated carbocycles. The number of carbonyl (C=O) groups is 2. The van der Waals surface area contributed by atoms with Crippen molar-refractivity contribution < 1.29 is 14.3 Å². The number of methoxy groups -OCH3 is 1. The molecule has 4 nitrogen and oxygen atoms in total. The van der Waals surface area contributed by atoms with Crippen molar-refractivity contribution in [2.24, 2.45) is 0 Å². The molecule has 0 rings (SSSR count). The second kappa shape index (κ2) is 6.67. The molecule has 0 heterocycles. The summed E-state index contributed by atoms with van der Waals surface area (Å²) in [6.45, 7) is 3.22. The molecule has 0 aromatic rings. The summed E-state index contributed by atoms with van der Waals surface area (Å²) in [4.78, 5) is 22.6. The first-order valence-electron chi connectivity index (χ1n) is 4.89. The molecule has 0 fully saturated rings. The van der Waals surface area contributed by atoms with Gasteiger partial charge >= 0.3 is 5.97 Å². The van der Waals surface area contributed by atoms with E-state index >= 15 is 0 Å². The third-order valence-corrected chi connectivity index (χ3v) is 2.20. The molecule has 0 aliphatic rings. The Bertz CT molecular complexity index is 229. The van der Waals surface area contributed by atoms with Gasteiger partial charge in [0.05, 0.1) is 7.11 Å². The van der Waals surface area contributed by atoms with E-state index in [9.17, 15) is 9.59 Å². The van der Waals surface area contributed by atoms with Crippen molar-refractivity contribution in [3.63, 3.8) is 0 Å². The number of hydrogen-bond acceptors (Lipinski definition) is 3. The van der Waals surface area contributed by atoms with Gasteiger partial charge in [0.15, 0.2) is 0 Å². The number of unbranched alkanes of at least 4 members (excludes halogenated alkanes) is 1. The van der Waals surface area contributed by atoms with Crippen LogP contribution in [0.15, 0.2) is 0 Å². The topological polar surface area (TPSA) is 55.4 Å². The fraction of sp³-hybridized carbons (Fsp3) is 0.800. The number of nitrogens with one attached hydrogen (secondary N) is 1. The molecule has 0 aliphatic carbocycles. The van der Waals surface area contributed by atoms with Gasteiger partial charge in [-0.15, -0.1) is 11.6 Å². The van der Waals surface area contributed by atoms with E-state index in [4.69, 9.17) is 11.6 Å². The van der Waals surface area contributed by atoms with E-state index in [0.717, 1.165) is 12.8 Å². The Balaban J connectivity index is 3.99. The number of carbonyl (C=O) groups excluding carboxylic acids is 2. The number of esters is 1. The van der Waals surface area contributed by atoms with Crippen LogP contribution < -0.4 is 5.32 Å². The lowest BCUT2D eigenvalue weighted by atomic mass is 10.1. The Morgan fingerprint density at radius 1 is 1.33 bits per heavy atom. The second-order valence-electron chi connectivity index (χ2n) is 3.81. The number of ether oxygens (including phenoxy) is 1. The maximum Gasteiger partial charge on any atom is 0.330 e. The average Bonchev–Trinajstić information content (AvgIpc) is 2.16. The van der Waals surface area contributed by atoms with Gasteiger partial charge in [0.1, 0.15) is 5.54 Å². The highest BCUT2D eigenvalue weighted by molar-refractivity contribution is 6.17. The van der Waals surface area contributed by atoms with E-state index in [0.29, 0.717) is 12.3 Å². The predicted octanol–water partition coefficient (Wildman–Crippen LogP) is 1.46. The Morgan fingerprint density at radius 2 is 1.93 bits per heavy atom. The first-order chi connectivity index (χ1) is 6.94. The van der Waals surface area contributed by atoms with Gasteiger partial charge in [-0.1, -0.05) is 0 Å². The molecule has 1 amide bonds. The van der Waals surface area contributed by atoms with E-state index in [1.54, 1.807) is 13.8 Å². The van der Waals surface area contributed by atoms with Crippen LogP contribution in [0.4, 0.5) is 0 Å². The summed E-state index contributed by atoms with van der Waals surface area (Å²) in [5.41, 5.74) is -0.965. The number of amides is 1. The van der Waals surface area contributed by atoms with E-state index in [2.05, 4.69) is 10.1 Å². The van der Waals surface area contributed by atoms with E-state index in [1.165, 1.54) is 7.11 Å². The quantitative estimate of drug-likeness (QED) is 0.431. The van der Waals surface area contributed by atoms with Crippen molar-refractivity contribution in [2.45, 2.75) is 38.6 Å². The molecule has 5 heteroatoms. The van der Waals surface area contributed by atoms with Gasteiger partial charge < -0.3 is 10.1 Å². The van der Waals surface area contributed by atoms with Crippen molar-refractivity contribution in [3.05, 3.63) is 0 Å². The number of alkyl halides is 1. The zero-order chi connectivity index (χ0) is 11.9. The van der Waals surface area contributed by atoms with Crippen molar-refractivity contribution in [1.29, 1.82) is 0 Å². The fourth-order valence-corrected chi connectivity index (χ4v) is 1.29. The highest BCUT2D eigenvalue weighted by Gasteiger charge is 2.29. The normalized spacial score (nSPS) is 10.9. The van der Waals surface area contributed by atoms with Gasteiger partial charge in [0.2, 0.25) is 5.91 Å². The van der Waals surface area contributed by atoms with Gasteiger partial charge in [0, 0.05) is 12.3 Å². The maximum absolute atomic E-state index is 11.4. The van der Waals surface area contributed by atoms with Crippen molar-refractivity contribution in [2.75, 3.05) is 13.0 Å². The molecular formula is C10H18ClNO3. The van der Waals surface area contributed by atoms with Crippen LogP contribution in [0.3, 0.4) is 0 Å². The molecule has 0 spiro atoms. The molecule has 0 unspecified atom stereocenters. The first-order valence-corrected chi connectivity index (χ1v) is 5.43. The van der Waals surface area contributed by atoms with E-state index in [-0.39, 0.29) is 5.91 Å². The van der Waals surface area contributed by atoms with Gasteiger partial charge in [-0.25, -0.2) is 4.79 Å². The monoisotopic (exact) mass is 235 g/mol. The molecule has 0 saturated heterocycles. The fourth-order valence-electron chi connectivity index (χ4n) is 1.10. The maximum atomic E-state index is 11.4. The summed E-state index contributed by atoms with van der Waals surface area (Å²) in [6.07, 6.45) is 1.91. The number of hydrogen-bond donors (Lipinski definition) is 1. The minimum atomic E-state index is -0.965. The summed E-state index contributed by atoms with van der Waals surface area (Å²) in [5, 5.41) is 2.61. The van der Waals surface area contributed by atoms with Crippen LogP contribution in [0.2, 0.25) is 0 Å². The van der Waals surface area contributed by atoms with Crippen molar-refractivity contribution in [1.82, 2.24) is 5.32 Å². The minimum absolute atomic E-state index is 0.157. The summed E-state index contributed by atoms with van der Waals surface area (Å²) in [7, 11) is 1.30. The first kappa shape index (κ1) is 14.2. The Labute approximate surface area is 95.3 Å². The molecule has 0 aliphatic heterocycles. The third-order valence-electron chi connectivity index (χ3n) is 1.94. The minimum Gasteiger partial charge on any atom is -0.467 e. The number of halogens is 1. The van der Waals surface area contributed by atoms with Gasteiger partial charge in [-0.3, -0.25) is 4.79 Å². The van der Waals surface area contributed by atoms with Gasteiger partial charge in [0.25, 0.3) is 0 Å². The van der Waals surface area contributed by atoms with E-state index in [1.807, 2.05) is 0 Å². The van der Waals surface area contributed by atoms with Crippen LogP contribution in [0.1, 0.15) is 33.1 Å². The lowest BCUT2D eigenvalue weighted by Gasteiger charge is -2.22. The zero-order valence-electron chi connectivity index (χ0n) is 9.43. The molecule has 0 aromatic heterocycles. The molecule has 1 N–H and O–H groups in total. The van der Waals surface area contributed by atoms with Crippen LogP contribution in [-0.2, 0) is 14.3 Å². The summed E-state index contributed by atoms with van der Waals surface area (Å²) in [5.74, 6) is -0.0584. The predicted molar refractivity (Wildman–Crippen MR) is 58.8 cm³/mol. The van der Waals surface area contributed by atoms with Crippen LogP contribution in [0.5, 0.6) is 0 Å². The summed E-state index contributed by atoms with van der Waals surface area (Å²) < 4.78 is 4.57. The third kappa shape index (κ3) is 5.62. The Morgan fingerprint density at radius 3 is 2.40 bits per heavy atom. The molecule has 15 heavy (non-hydrogen) atoms. The van der Waals surface area contributed by atoms with Crippen molar-refractivity contribution in [3.8, 4) is 0 Å². The Kier molecular flexibility index (Phi) is 6.32. The lowest BCUT2D eigenvalue weighted by molar-refractivity contribution is -0.149. The Hall–Kier alpha value is -0.770. The van der Waals surface area contributed by atoms with Gasteiger partial charge in [-0.2, -0.15) is 0 Å². The molecule has 0 aromatic carbocycles. The van der Waals surface area contributed by atoms with Crippen LogP contribution in [0, 0.1) is 0 Å². The van der Waals surface area contributed by atoms with Crippen LogP contribution in [-0.4, -0.2) is 30.4 Å². The molecular weight excluding hydrogens is 218 g/mol. The summed E-state index contributed by atoms with van der Waals surface area (Å²) in [6, 6.07) is 0. The van der Waals surface area contributed by atoms with Crippen molar-refractivity contribution >= 4 is 23.5 Å². The smallest absolute Gasteiger partial charge is 0.330 e. The van der Waals surface area contributed by atoms with Gasteiger partial charge in [-0.05, 0) is 26.7 Å². The van der Waals surface area contributed by atoms with Crippen LogP contribution >= 0.6 is 11.6 Å². The second-order valence-corrected chi connectivity index (χ2v) is 4.19. The highest BCUT2D eigenvalue weighted by Crippen LogP contribution is 2.06. The SMILES string of the molecule is COC(=O)C(C)(C)NC(=O)CCCCCl. The van der Waals surface area contributed by atoms with E-state index < -0.39 is 11.5 Å². The molecule has 0 atom stereocenters. The molecule has 88 valence electrons. The standard InChI is InChI=1S/C10H18ClNO3/c1-10(2,9(14)15-3)12-8(13)6-4-5-7-11/h4-7H2,1-3H3,(H,12,13). The zero-order valence-corrected chi connectivity index (χ0v) is 10.2. The highest BCUT2D eigenvalue weighted by atomic mass is 35.5. The lowest BCUT2D eigenvalue weighted by Crippen LogP contribution is -2.50. The average molecular weight is 236 g/mol. The molecule has 0 radical (unpaired) electrons. The number of rotatable bonds is 6. The molecule has 0 bridgehead atoms. The largest absolute Gasteiger partial charge is 0.467 e.